The number of anilines is 1. The molecule has 0 aromatic heterocycles. The summed E-state index contributed by atoms with van der Waals surface area (Å²) in [5.74, 6) is -2.28. The molecule has 1 N–H and O–H groups in total. The maximum absolute atomic E-state index is 13.7. The van der Waals surface area contributed by atoms with Crippen LogP contribution in [-0.4, -0.2) is 23.9 Å². The van der Waals surface area contributed by atoms with E-state index in [2.05, 4.69) is 10.2 Å². The zero-order valence-electron chi connectivity index (χ0n) is 13.6. The number of rotatable bonds is 4. The van der Waals surface area contributed by atoms with Crippen LogP contribution in [0.25, 0.3) is 0 Å². The van der Waals surface area contributed by atoms with E-state index < -0.39 is 11.6 Å². The number of benzene rings is 2. The van der Waals surface area contributed by atoms with Crippen molar-refractivity contribution in [3.8, 4) is 0 Å². The highest BCUT2D eigenvalue weighted by Crippen LogP contribution is 2.22. The van der Waals surface area contributed by atoms with Crippen LogP contribution in [0.2, 0.25) is 0 Å². The maximum atomic E-state index is 13.7. The number of carbonyl (C=O) groups excluding carboxylic acids is 1. The van der Waals surface area contributed by atoms with E-state index in [1.807, 2.05) is 0 Å². The van der Waals surface area contributed by atoms with Gasteiger partial charge in [0.1, 0.15) is 17.5 Å². The molecular formula is C19H19F3N2O. The zero-order valence-corrected chi connectivity index (χ0v) is 13.6. The molecule has 6 heteroatoms. The van der Waals surface area contributed by atoms with Gasteiger partial charge in [-0.25, -0.2) is 13.2 Å². The summed E-state index contributed by atoms with van der Waals surface area (Å²) in [6, 6.07) is 9.38. The Balaban J connectivity index is 1.60. The molecule has 132 valence electrons. The monoisotopic (exact) mass is 348 g/mol. The number of amides is 1. The molecular weight excluding hydrogens is 329 g/mol. The number of nitrogens with zero attached hydrogens (tertiary/aromatic N) is 1. The van der Waals surface area contributed by atoms with Crippen molar-refractivity contribution in [3.05, 3.63) is 65.5 Å². The summed E-state index contributed by atoms with van der Waals surface area (Å²) < 4.78 is 39.6. The fourth-order valence-electron chi connectivity index (χ4n) is 3.09. The number of piperidine rings is 1. The molecule has 0 saturated carbocycles. The van der Waals surface area contributed by atoms with E-state index >= 15 is 0 Å². The summed E-state index contributed by atoms with van der Waals surface area (Å²) in [4.78, 5) is 14.5. The van der Waals surface area contributed by atoms with Gasteiger partial charge in [0.2, 0.25) is 5.91 Å². The van der Waals surface area contributed by atoms with Crippen LogP contribution >= 0.6 is 0 Å². The Morgan fingerprint density at radius 3 is 2.52 bits per heavy atom. The smallest absolute Gasteiger partial charge is 0.228 e. The lowest BCUT2D eigenvalue weighted by atomic mass is 9.96. The molecule has 1 atom stereocenters. The molecule has 0 bridgehead atoms. The average Bonchev–Trinajstić information content (AvgIpc) is 2.60. The minimum Gasteiger partial charge on any atom is -0.323 e. The van der Waals surface area contributed by atoms with Crippen LogP contribution in [-0.2, 0) is 11.3 Å². The minimum atomic E-state index is -0.785. The quantitative estimate of drug-likeness (QED) is 0.907. The van der Waals surface area contributed by atoms with E-state index in [1.165, 1.54) is 18.2 Å². The molecule has 0 radical (unpaired) electrons. The van der Waals surface area contributed by atoms with E-state index in [4.69, 9.17) is 0 Å². The Hall–Kier alpha value is -2.34. The van der Waals surface area contributed by atoms with E-state index in [1.54, 1.807) is 12.1 Å². The Morgan fingerprint density at radius 1 is 1.08 bits per heavy atom. The molecule has 3 rings (SSSR count). The van der Waals surface area contributed by atoms with Crippen LogP contribution in [0.15, 0.2) is 42.5 Å². The molecule has 0 spiro atoms. The Kier molecular flexibility index (Phi) is 5.38. The molecule has 0 unspecified atom stereocenters. The molecule has 0 aliphatic carbocycles. The largest absolute Gasteiger partial charge is 0.323 e. The van der Waals surface area contributed by atoms with Crippen molar-refractivity contribution < 1.29 is 18.0 Å². The van der Waals surface area contributed by atoms with Crippen molar-refractivity contribution in [1.82, 2.24) is 4.90 Å². The van der Waals surface area contributed by atoms with E-state index in [0.29, 0.717) is 19.5 Å². The molecule has 25 heavy (non-hydrogen) atoms. The molecule has 2 aromatic rings. The summed E-state index contributed by atoms with van der Waals surface area (Å²) in [6.45, 7) is 2.03. The number of likely N-dealkylation sites (tertiary alicyclic amines) is 1. The predicted octanol–water partition coefficient (Wildman–Crippen LogP) is 3.95. The summed E-state index contributed by atoms with van der Waals surface area (Å²) in [5.41, 5.74) is 0.967. The summed E-state index contributed by atoms with van der Waals surface area (Å²) in [7, 11) is 0. The first-order valence-electron chi connectivity index (χ1n) is 8.24. The van der Waals surface area contributed by atoms with Crippen molar-refractivity contribution in [2.45, 2.75) is 19.4 Å². The molecule has 1 heterocycles. The van der Waals surface area contributed by atoms with Crippen molar-refractivity contribution in [2.24, 2.45) is 5.92 Å². The van der Waals surface area contributed by atoms with Gasteiger partial charge in [-0.05, 0) is 49.2 Å². The number of carbonyl (C=O) groups is 1. The fraction of sp³-hybridized carbons (Fsp3) is 0.316. The van der Waals surface area contributed by atoms with Crippen LogP contribution < -0.4 is 5.32 Å². The number of hydrogen-bond donors (Lipinski definition) is 1. The van der Waals surface area contributed by atoms with Gasteiger partial charge in [0, 0.05) is 19.2 Å². The first kappa shape index (κ1) is 17.5. The fourth-order valence-corrected chi connectivity index (χ4v) is 3.09. The van der Waals surface area contributed by atoms with E-state index in [0.717, 1.165) is 30.7 Å². The average molecular weight is 348 g/mol. The van der Waals surface area contributed by atoms with Gasteiger partial charge in [0.15, 0.2) is 0 Å². The lowest BCUT2D eigenvalue weighted by Gasteiger charge is -2.32. The van der Waals surface area contributed by atoms with Gasteiger partial charge in [-0.1, -0.05) is 12.1 Å². The van der Waals surface area contributed by atoms with Crippen molar-refractivity contribution in [2.75, 3.05) is 18.4 Å². The predicted molar refractivity (Wildman–Crippen MR) is 89.4 cm³/mol. The van der Waals surface area contributed by atoms with Gasteiger partial charge < -0.3 is 5.32 Å². The highest BCUT2D eigenvalue weighted by molar-refractivity contribution is 5.92. The molecule has 3 nitrogen and oxygen atoms in total. The Morgan fingerprint density at radius 2 is 1.80 bits per heavy atom. The Labute approximate surface area is 144 Å². The molecule has 1 fully saturated rings. The zero-order chi connectivity index (χ0) is 17.8. The summed E-state index contributed by atoms with van der Waals surface area (Å²) >= 11 is 0. The first-order valence-corrected chi connectivity index (χ1v) is 8.24. The van der Waals surface area contributed by atoms with Crippen molar-refractivity contribution in [3.63, 3.8) is 0 Å². The second kappa shape index (κ2) is 7.70. The minimum absolute atomic E-state index is 0.0120. The molecule has 1 saturated heterocycles. The van der Waals surface area contributed by atoms with Crippen LogP contribution in [0.1, 0.15) is 18.4 Å². The van der Waals surface area contributed by atoms with Crippen LogP contribution in [0.5, 0.6) is 0 Å². The highest BCUT2D eigenvalue weighted by Gasteiger charge is 2.26. The van der Waals surface area contributed by atoms with Gasteiger partial charge in [0.05, 0.1) is 11.6 Å². The second-order valence-electron chi connectivity index (χ2n) is 6.31. The summed E-state index contributed by atoms with van der Waals surface area (Å²) in [6.07, 6.45) is 1.57. The molecule has 2 aromatic carbocycles. The van der Waals surface area contributed by atoms with Crippen LogP contribution in [0, 0.1) is 23.4 Å². The van der Waals surface area contributed by atoms with Gasteiger partial charge in [-0.2, -0.15) is 0 Å². The third kappa shape index (κ3) is 4.60. The SMILES string of the molecule is O=C(Nc1ccc(F)cc1F)[C@H]1CCCN(Cc2ccc(F)cc2)C1. The third-order valence-corrected chi connectivity index (χ3v) is 4.38. The van der Waals surface area contributed by atoms with E-state index in [9.17, 15) is 18.0 Å². The maximum Gasteiger partial charge on any atom is 0.228 e. The second-order valence-corrected chi connectivity index (χ2v) is 6.31. The summed E-state index contributed by atoms with van der Waals surface area (Å²) in [5, 5.41) is 2.54. The van der Waals surface area contributed by atoms with Gasteiger partial charge in [-0.15, -0.1) is 0 Å². The first-order chi connectivity index (χ1) is 12.0. The normalized spacial score (nSPS) is 18.1. The molecule has 1 aliphatic heterocycles. The van der Waals surface area contributed by atoms with Crippen LogP contribution in [0.3, 0.4) is 0 Å². The third-order valence-electron chi connectivity index (χ3n) is 4.38. The van der Waals surface area contributed by atoms with E-state index in [-0.39, 0.29) is 23.3 Å². The van der Waals surface area contributed by atoms with Crippen molar-refractivity contribution >= 4 is 11.6 Å². The van der Waals surface area contributed by atoms with Crippen molar-refractivity contribution in [1.29, 1.82) is 0 Å². The molecule has 1 aliphatic rings. The van der Waals surface area contributed by atoms with Gasteiger partial charge >= 0.3 is 0 Å². The molecule has 1 amide bonds. The number of nitrogens with one attached hydrogen (secondary N) is 1. The van der Waals surface area contributed by atoms with Gasteiger partial charge in [0.25, 0.3) is 0 Å². The number of hydrogen-bond acceptors (Lipinski definition) is 2. The Bertz CT molecular complexity index is 749. The van der Waals surface area contributed by atoms with Gasteiger partial charge in [-0.3, -0.25) is 9.69 Å². The topological polar surface area (TPSA) is 32.3 Å². The standard InChI is InChI=1S/C19H19F3N2O/c20-15-5-3-13(4-6-15)11-24-9-1-2-14(12-24)19(25)23-18-8-7-16(21)10-17(18)22/h3-8,10,14H,1-2,9,11-12H2,(H,23,25)/t14-/m0/s1. The van der Waals surface area contributed by atoms with Crippen LogP contribution in [0.4, 0.5) is 18.9 Å². The lowest BCUT2D eigenvalue weighted by Crippen LogP contribution is -2.40. The lowest BCUT2D eigenvalue weighted by molar-refractivity contribution is -0.121. The number of halogens is 3. The highest BCUT2D eigenvalue weighted by atomic mass is 19.1.